The lowest BCUT2D eigenvalue weighted by Gasteiger charge is -2.11. The summed E-state index contributed by atoms with van der Waals surface area (Å²) in [5, 5.41) is 3.91. The van der Waals surface area contributed by atoms with Gasteiger partial charge in [-0.15, -0.1) is 0 Å². The maximum atomic E-state index is 12.5. The number of aryl methyl sites for hydroxylation is 4. The van der Waals surface area contributed by atoms with Gasteiger partial charge < -0.3 is 14.0 Å². The number of carbonyl (C=O) groups excluding carboxylic acids is 1. The highest BCUT2D eigenvalue weighted by molar-refractivity contribution is 5.92. The Balaban J connectivity index is 1.55. The minimum Gasteiger partial charge on any atom is -0.488 e. The molecule has 0 bridgehead atoms. The van der Waals surface area contributed by atoms with E-state index in [1.165, 1.54) is 0 Å². The van der Waals surface area contributed by atoms with E-state index in [0.29, 0.717) is 30.1 Å². The summed E-state index contributed by atoms with van der Waals surface area (Å²) in [5.74, 6) is 0.793. The van der Waals surface area contributed by atoms with Crippen LogP contribution in [0.2, 0.25) is 0 Å². The van der Waals surface area contributed by atoms with Gasteiger partial charge in [0.1, 0.15) is 23.7 Å². The van der Waals surface area contributed by atoms with E-state index < -0.39 is 5.97 Å². The van der Waals surface area contributed by atoms with Crippen LogP contribution in [0.3, 0.4) is 0 Å². The number of hydrogen-bond acceptors (Lipinski definition) is 6. The second-order valence-electron chi connectivity index (χ2n) is 6.60. The number of rotatable bonds is 8. The van der Waals surface area contributed by atoms with Gasteiger partial charge in [-0.1, -0.05) is 23.4 Å². The van der Waals surface area contributed by atoms with Crippen LogP contribution in [-0.2, 0) is 17.8 Å². The number of ether oxygens (including phenoxy) is 2. The molecule has 3 rings (SSSR count). The molecule has 0 saturated carbocycles. The Hall–Kier alpha value is -3.15. The highest BCUT2D eigenvalue weighted by Gasteiger charge is 2.16. The van der Waals surface area contributed by atoms with Gasteiger partial charge in [-0.05, 0) is 57.9 Å². The van der Waals surface area contributed by atoms with Crippen LogP contribution < -0.4 is 4.74 Å². The molecule has 146 valence electrons. The monoisotopic (exact) mass is 380 g/mol. The van der Waals surface area contributed by atoms with E-state index in [2.05, 4.69) is 10.1 Å². The minimum atomic E-state index is -0.397. The molecular formula is C22H24N2O4. The average Bonchev–Trinajstić information content (AvgIpc) is 3.01. The van der Waals surface area contributed by atoms with Crippen LogP contribution in [0.15, 0.2) is 47.0 Å². The molecule has 0 aliphatic carbocycles. The molecule has 0 amide bonds. The van der Waals surface area contributed by atoms with E-state index in [4.69, 9.17) is 14.0 Å². The number of hydrogen-bond donors (Lipinski definition) is 0. The lowest BCUT2D eigenvalue weighted by atomic mass is 10.2. The predicted octanol–water partition coefficient (Wildman–Crippen LogP) is 4.36. The van der Waals surface area contributed by atoms with Crippen molar-refractivity contribution >= 4 is 5.97 Å². The third-order valence-corrected chi connectivity index (χ3v) is 4.42. The van der Waals surface area contributed by atoms with E-state index in [0.717, 1.165) is 29.1 Å². The van der Waals surface area contributed by atoms with Gasteiger partial charge in [-0.25, -0.2) is 4.79 Å². The van der Waals surface area contributed by atoms with E-state index in [9.17, 15) is 4.79 Å². The smallest absolute Gasteiger partial charge is 0.341 e. The van der Waals surface area contributed by atoms with Crippen molar-refractivity contribution < 1.29 is 18.8 Å². The Morgan fingerprint density at radius 2 is 1.89 bits per heavy atom. The van der Waals surface area contributed by atoms with Crippen molar-refractivity contribution in [2.75, 3.05) is 6.61 Å². The lowest BCUT2D eigenvalue weighted by Crippen LogP contribution is -2.10. The summed E-state index contributed by atoms with van der Waals surface area (Å²) in [5.41, 5.74) is 4.05. The summed E-state index contributed by atoms with van der Waals surface area (Å²) in [6.45, 7) is 6.26. The zero-order valence-corrected chi connectivity index (χ0v) is 16.4. The first-order chi connectivity index (χ1) is 13.5. The van der Waals surface area contributed by atoms with Gasteiger partial charge in [0.15, 0.2) is 0 Å². The summed E-state index contributed by atoms with van der Waals surface area (Å²) >= 11 is 0. The van der Waals surface area contributed by atoms with Crippen LogP contribution in [0.5, 0.6) is 5.75 Å². The Morgan fingerprint density at radius 3 is 2.64 bits per heavy atom. The molecular weight excluding hydrogens is 356 g/mol. The molecule has 0 saturated heterocycles. The standard InChI is InChI=1S/C22H24N2O4/c1-15-8-6-9-18(23-15)10-7-13-26-22(25)19-11-4-5-12-21(19)27-14-20-16(2)24-28-17(20)3/h4-6,8-9,11-12H,7,10,13-14H2,1-3H3. The molecule has 0 fully saturated rings. The van der Waals surface area contributed by atoms with Crippen molar-refractivity contribution in [2.45, 2.75) is 40.2 Å². The van der Waals surface area contributed by atoms with Crippen LogP contribution in [-0.4, -0.2) is 22.7 Å². The molecule has 3 aromatic rings. The third kappa shape index (κ3) is 4.97. The van der Waals surface area contributed by atoms with E-state index in [-0.39, 0.29) is 6.61 Å². The van der Waals surface area contributed by atoms with Gasteiger partial charge in [0.25, 0.3) is 0 Å². The molecule has 0 spiro atoms. The fourth-order valence-electron chi connectivity index (χ4n) is 2.85. The van der Waals surface area contributed by atoms with Crippen LogP contribution in [0, 0.1) is 20.8 Å². The summed E-state index contributed by atoms with van der Waals surface area (Å²) in [7, 11) is 0. The Morgan fingerprint density at radius 1 is 1.07 bits per heavy atom. The molecule has 1 aromatic carbocycles. The number of nitrogens with zero attached hydrogens (tertiary/aromatic N) is 2. The molecule has 0 radical (unpaired) electrons. The molecule has 0 N–H and O–H groups in total. The Kier molecular flexibility index (Phi) is 6.42. The second-order valence-corrected chi connectivity index (χ2v) is 6.60. The number of para-hydroxylation sites is 1. The third-order valence-electron chi connectivity index (χ3n) is 4.42. The Labute approximate surface area is 164 Å². The van der Waals surface area contributed by atoms with E-state index in [1.54, 1.807) is 18.2 Å². The molecule has 0 atom stereocenters. The van der Waals surface area contributed by atoms with Crippen LogP contribution >= 0.6 is 0 Å². The van der Waals surface area contributed by atoms with Gasteiger partial charge in [-0.3, -0.25) is 4.98 Å². The summed E-state index contributed by atoms with van der Waals surface area (Å²) in [6.07, 6.45) is 1.48. The predicted molar refractivity (Wildman–Crippen MR) is 104 cm³/mol. The SMILES string of the molecule is Cc1cccc(CCCOC(=O)c2ccccc2OCc2c(C)noc2C)n1. The molecule has 2 aromatic heterocycles. The van der Waals surface area contributed by atoms with Gasteiger partial charge >= 0.3 is 5.97 Å². The highest BCUT2D eigenvalue weighted by atomic mass is 16.5. The van der Waals surface area contributed by atoms with Crippen molar-refractivity contribution in [3.8, 4) is 5.75 Å². The number of pyridine rings is 1. The van der Waals surface area contributed by atoms with E-state index >= 15 is 0 Å². The lowest BCUT2D eigenvalue weighted by molar-refractivity contribution is 0.0495. The van der Waals surface area contributed by atoms with Crippen LogP contribution in [0.25, 0.3) is 0 Å². The molecule has 0 aliphatic heterocycles. The van der Waals surface area contributed by atoms with E-state index in [1.807, 2.05) is 45.0 Å². The van der Waals surface area contributed by atoms with Gasteiger partial charge in [0.2, 0.25) is 0 Å². The second kappa shape index (κ2) is 9.17. The zero-order chi connectivity index (χ0) is 19.9. The minimum absolute atomic E-state index is 0.282. The van der Waals surface area contributed by atoms with Crippen LogP contribution in [0.4, 0.5) is 0 Å². The highest BCUT2D eigenvalue weighted by Crippen LogP contribution is 2.22. The van der Waals surface area contributed by atoms with Crippen molar-refractivity contribution in [1.29, 1.82) is 0 Å². The quantitative estimate of drug-likeness (QED) is 0.427. The van der Waals surface area contributed by atoms with Gasteiger partial charge in [0, 0.05) is 11.4 Å². The summed E-state index contributed by atoms with van der Waals surface area (Å²) < 4.78 is 16.4. The normalized spacial score (nSPS) is 10.7. The van der Waals surface area contributed by atoms with Gasteiger partial charge in [0.05, 0.1) is 17.9 Å². The molecule has 6 nitrogen and oxygen atoms in total. The number of aromatic nitrogens is 2. The summed E-state index contributed by atoms with van der Waals surface area (Å²) in [6, 6.07) is 13.0. The average molecular weight is 380 g/mol. The maximum Gasteiger partial charge on any atom is 0.341 e. The zero-order valence-electron chi connectivity index (χ0n) is 16.4. The maximum absolute atomic E-state index is 12.5. The molecule has 2 heterocycles. The first-order valence-electron chi connectivity index (χ1n) is 9.28. The van der Waals surface area contributed by atoms with Crippen molar-refractivity contribution in [2.24, 2.45) is 0 Å². The first kappa shape index (κ1) is 19.6. The van der Waals surface area contributed by atoms with Crippen molar-refractivity contribution in [3.05, 3.63) is 76.4 Å². The number of carbonyl (C=O) groups is 1. The molecule has 6 heteroatoms. The topological polar surface area (TPSA) is 74.5 Å². The fraction of sp³-hybridized carbons (Fsp3) is 0.318. The first-order valence-corrected chi connectivity index (χ1v) is 9.28. The molecule has 28 heavy (non-hydrogen) atoms. The fourth-order valence-corrected chi connectivity index (χ4v) is 2.85. The largest absolute Gasteiger partial charge is 0.488 e. The van der Waals surface area contributed by atoms with Crippen molar-refractivity contribution in [3.63, 3.8) is 0 Å². The van der Waals surface area contributed by atoms with Gasteiger partial charge in [-0.2, -0.15) is 0 Å². The van der Waals surface area contributed by atoms with Crippen molar-refractivity contribution in [1.82, 2.24) is 10.1 Å². The Bertz CT molecular complexity index is 930. The van der Waals surface area contributed by atoms with Crippen LogP contribution in [0.1, 0.15) is 45.2 Å². The molecule has 0 unspecified atom stereocenters. The number of benzene rings is 1. The number of esters is 1. The summed E-state index contributed by atoms with van der Waals surface area (Å²) in [4.78, 5) is 16.9. The molecule has 0 aliphatic rings.